The third-order valence-corrected chi connectivity index (χ3v) is 9.55. The minimum absolute atomic E-state index is 0.0814. The van der Waals surface area contributed by atoms with Crippen LogP contribution in [0.1, 0.15) is 38.2 Å². The molecule has 1 aliphatic carbocycles. The number of methoxy groups -OCH3 is 1. The molecule has 2 aliphatic rings. The summed E-state index contributed by atoms with van der Waals surface area (Å²) in [4.78, 5) is 28.0. The number of anilines is 2. The minimum Gasteiger partial charge on any atom is -0.495 e. The van der Waals surface area contributed by atoms with Crippen LogP contribution in [0.15, 0.2) is 69.5 Å². The Morgan fingerprint density at radius 1 is 1.26 bits per heavy atom. The number of amides is 1. The number of thioether (sulfide) groups is 1. The Hall–Kier alpha value is -3.56. The highest BCUT2D eigenvalue weighted by atomic mass is 35.5. The summed E-state index contributed by atoms with van der Waals surface area (Å²) in [7, 11) is 1.54. The molecule has 0 saturated carbocycles. The van der Waals surface area contributed by atoms with E-state index in [9.17, 15) is 14.9 Å². The number of nitrogens with two attached hydrogens (primary N) is 1. The van der Waals surface area contributed by atoms with Crippen LogP contribution in [-0.2, 0) is 9.59 Å². The van der Waals surface area contributed by atoms with Gasteiger partial charge < -0.3 is 15.8 Å². The number of carbonyl (C=O) groups is 2. The first kappa shape index (κ1) is 29.9. The lowest BCUT2D eigenvalue weighted by atomic mass is 9.68. The van der Waals surface area contributed by atoms with E-state index in [-0.39, 0.29) is 34.3 Å². The lowest BCUT2D eigenvalue weighted by Gasteiger charge is -2.42. The van der Waals surface area contributed by atoms with Crippen molar-refractivity contribution in [2.24, 2.45) is 11.1 Å². The van der Waals surface area contributed by atoms with E-state index in [1.807, 2.05) is 19.9 Å². The number of hydrogen-bond acceptors (Lipinski definition) is 10. The number of hydrogen-bond donors (Lipinski definition) is 2. The molecule has 0 bridgehead atoms. The van der Waals surface area contributed by atoms with Gasteiger partial charge in [-0.25, -0.2) is 0 Å². The number of Topliss-reactive ketones (excluding diaryl/α,β-unsaturated/α-hetero) is 1. The summed E-state index contributed by atoms with van der Waals surface area (Å²) in [5, 5.41) is 22.9. The zero-order valence-corrected chi connectivity index (χ0v) is 26.0. The Morgan fingerprint density at radius 2 is 2.02 bits per heavy atom. The molecule has 2 aromatic carbocycles. The van der Waals surface area contributed by atoms with Crippen LogP contribution >= 0.6 is 46.3 Å². The van der Waals surface area contributed by atoms with Crippen LogP contribution in [-0.4, -0.2) is 34.8 Å². The zero-order chi connectivity index (χ0) is 30.2. The topological polar surface area (TPSA) is 134 Å². The maximum absolute atomic E-state index is 13.7. The molecule has 0 radical (unpaired) electrons. The van der Waals surface area contributed by atoms with Gasteiger partial charge in [-0.2, -0.15) is 5.26 Å². The smallest absolute Gasteiger partial charge is 0.234 e. The summed E-state index contributed by atoms with van der Waals surface area (Å²) in [6, 6.07) is 14.4. The second-order valence-electron chi connectivity index (χ2n) is 10.5. The van der Waals surface area contributed by atoms with E-state index in [0.717, 1.165) is 0 Å². The number of para-hydroxylation sites is 2. The van der Waals surface area contributed by atoms with Crippen LogP contribution in [0, 0.1) is 16.7 Å². The predicted octanol–water partition coefficient (Wildman–Crippen LogP) is 6.53. The monoisotopic (exact) mass is 640 g/mol. The molecule has 2 heterocycles. The Balaban J connectivity index is 1.47. The highest BCUT2D eigenvalue weighted by Crippen LogP contribution is 2.51. The molecule has 13 heteroatoms. The largest absolute Gasteiger partial charge is 0.495 e. The van der Waals surface area contributed by atoms with Crippen LogP contribution in [0.5, 0.6) is 5.75 Å². The van der Waals surface area contributed by atoms with Crippen LogP contribution in [0.2, 0.25) is 10.0 Å². The van der Waals surface area contributed by atoms with Gasteiger partial charge in [0, 0.05) is 27.7 Å². The van der Waals surface area contributed by atoms with Gasteiger partial charge in [-0.1, -0.05) is 78.3 Å². The second-order valence-corrected chi connectivity index (χ2v) is 13.6. The first-order chi connectivity index (χ1) is 20.0. The van der Waals surface area contributed by atoms with Gasteiger partial charge in [0.1, 0.15) is 11.6 Å². The van der Waals surface area contributed by atoms with E-state index in [1.165, 1.54) is 30.2 Å². The predicted molar refractivity (Wildman–Crippen MR) is 166 cm³/mol. The molecular weight excluding hydrogens is 615 g/mol. The molecule has 1 aromatic heterocycles. The number of nitriles is 1. The Morgan fingerprint density at radius 3 is 2.74 bits per heavy atom. The Labute approximate surface area is 261 Å². The van der Waals surface area contributed by atoms with E-state index >= 15 is 0 Å². The van der Waals surface area contributed by atoms with Crippen molar-refractivity contribution >= 4 is 68.8 Å². The first-order valence-electron chi connectivity index (χ1n) is 12.8. The Kier molecular flexibility index (Phi) is 8.53. The molecule has 1 unspecified atom stereocenters. The molecule has 1 aliphatic heterocycles. The summed E-state index contributed by atoms with van der Waals surface area (Å²) >= 11 is 15.2. The van der Waals surface area contributed by atoms with Crippen molar-refractivity contribution in [3.63, 3.8) is 0 Å². The van der Waals surface area contributed by atoms with Gasteiger partial charge in [-0.05, 0) is 41.7 Å². The summed E-state index contributed by atoms with van der Waals surface area (Å²) in [5.74, 6) is -0.276. The van der Waals surface area contributed by atoms with Gasteiger partial charge in [0.25, 0.3) is 0 Å². The lowest BCUT2D eigenvalue weighted by Crippen LogP contribution is -2.42. The van der Waals surface area contributed by atoms with Gasteiger partial charge in [0.15, 0.2) is 10.1 Å². The maximum atomic E-state index is 13.7. The van der Waals surface area contributed by atoms with Crippen LogP contribution in [0.4, 0.5) is 10.8 Å². The van der Waals surface area contributed by atoms with E-state index in [4.69, 9.17) is 33.7 Å². The molecule has 0 saturated heterocycles. The van der Waals surface area contributed by atoms with Gasteiger partial charge in [0.05, 0.1) is 36.1 Å². The number of halogens is 2. The molecular formula is C29H26Cl2N6O3S2. The molecule has 3 N–H and O–H groups in total. The number of allylic oxidation sites excluding steroid dienone is 3. The number of benzene rings is 2. The summed E-state index contributed by atoms with van der Waals surface area (Å²) in [6.07, 6.45) is 0.817. The van der Waals surface area contributed by atoms with E-state index in [1.54, 1.807) is 41.3 Å². The standard InChI is InChI=1S/C29H26Cl2N6O3S2/c1-29(2)11-20-25(21(38)12-29)24(16-9-8-15(30)10-18(16)31)17(13-32)26(33)37(20)27-35-36-28(42-27)41-14-23(39)34-19-6-4-5-7-22(19)40-3/h4-10,24H,11-12,14,33H2,1-3H3,(H,34,39). The van der Waals surface area contributed by atoms with Crippen LogP contribution in [0.3, 0.4) is 0 Å². The normalized spacial score (nSPS) is 18.0. The molecule has 1 atom stereocenters. The highest BCUT2D eigenvalue weighted by Gasteiger charge is 2.46. The van der Waals surface area contributed by atoms with Crippen molar-refractivity contribution in [1.82, 2.24) is 10.2 Å². The van der Waals surface area contributed by atoms with Crippen molar-refractivity contribution in [3.8, 4) is 11.8 Å². The average molecular weight is 642 g/mol. The minimum atomic E-state index is -0.741. The summed E-state index contributed by atoms with van der Waals surface area (Å²) < 4.78 is 5.82. The van der Waals surface area contributed by atoms with Crippen molar-refractivity contribution < 1.29 is 14.3 Å². The first-order valence-corrected chi connectivity index (χ1v) is 15.4. The number of rotatable bonds is 7. The molecule has 1 amide bonds. The molecule has 0 fully saturated rings. The van der Waals surface area contributed by atoms with Gasteiger partial charge in [0.2, 0.25) is 11.0 Å². The fourth-order valence-corrected chi connectivity index (χ4v) is 7.38. The van der Waals surface area contributed by atoms with E-state index in [2.05, 4.69) is 21.6 Å². The Bertz CT molecular complexity index is 1690. The second kappa shape index (κ2) is 12.0. The fraction of sp³-hybridized carbons (Fsp3) is 0.276. The van der Waals surface area contributed by atoms with Gasteiger partial charge >= 0.3 is 0 Å². The third kappa shape index (κ3) is 5.85. The average Bonchev–Trinajstić information content (AvgIpc) is 3.39. The molecule has 5 rings (SSSR count). The van der Waals surface area contributed by atoms with Crippen molar-refractivity contribution in [1.29, 1.82) is 5.26 Å². The quantitative estimate of drug-likeness (QED) is 0.276. The van der Waals surface area contributed by atoms with Gasteiger partial charge in [-0.3, -0.25) is 14.5 Å². The van der Waals surface area contributed by atoms with Crippen LogP contribution in [0.25, 0.3) is 0 Å². The number of ether oxygens (including phenoxy) is 1. The zero-order valence-electron chi connectivity index (χ0n) is 22.9. The molecule has 3 aromatic rings. The van der Waals surface area contributed by atoms with Crippen molar-refractivity contribution in [2.75, 3.05) is 23.1 Å². The lowest BCUT2D eigenvalue weighted by molar-refractivity contribution is -0.118. The number of ketones is 1. The number of aromatic nitrogens is 2. The third-order valence-electron chi connectivity index (χ3n) is 6.95. The molecule has 42 heavy (non-hydrogen) atoms. The van der Waals surface area contributed by atoms with Gasteiger partial charge in [-0.15, -0.1) is 10.2 Å². The van der Waals surface area contributed by atoms with E-state index in [0.29, 0.717) is 60.6 Å². The molecule has 9 nitrogen and oxygen atoms in total. The highest BCUT2D eigenvalue weighted by molar-refractivity contribution is 8.01. The van der Waals surface area contributed by atoms with E-state index < -0.39 is 5.92 Å². The molecule has 216 valence electrons. The molecule has 0 spiro atoms. The maximum Gasteiger partial charge on any atom is 0.234 e. The fourth-order valence-electron chi connectivity index (χ4n) is 5.19. The number of nitrogens with one attached hydrogen (secondary N) is 1. The SMILES string of the molecule is COc1ccccc1NC(=O)CSc1nnc(N2C(N)=C(C#N)C(c3ccc(Cl)cc3Cl)C3=C2CC(C)(C)CC3=O)s1. The summed E-state index contributed by atoms with van der Waals surface area (Å²) in [5.41, 5.74) is 8.78. The van der Waals surface area contributed by atoms with Crippen LogP contribution < -0.4 is 20.7 Å². The van der Waals surface area contributed by atoms with Crippen molar-refractivity contribution in [2.45, 2.75) is 36.9 Å². The number of carbonyl (C=O) groups excluding carboxylic acids is 2. The summed E-state index contributed by atoms with van der Waals surface area (Å²) in [6.45, 7) is 4.02. The van der Waals surface area contributed by atoms with Crippen molar-refractivity contribution in [3.05, 3.63) is 80.7 Å². The number of nitrogens with zero attached hydrogens (tertiary/aromatic N) is 4.